The molecule has 1 fully saturated rings. The van der Waals surface area contributed by atoms with Crippen molar-refractivity contribution >= 4 is 57.4 Å². The second kappa shape index (κ2) is 5.96. The number of nitrogens with two attached hydrogens (primary N) is 1. The molecule has 1 aliphatic rings. The van der Waals surface area contributed by atoms with Gasteiger partial charge < -0.3 is 10.8 Å². The summed E-state index contributed by atoms with van der Waals surface area (Å²) in [6, 6.07) is 0. The fourth-order valence-electron chi connectivity index (χ4n) is 2.56. The molecule has 3 nitrogen and oxygen atoms in total. The number of carboxylic acid groups (broad SMARTS) is 1. The monoisotopic (exact) mass is 225 g/mol. The van der Waals surface area contributed by atoms with Gasteiger partial charge in [-0.05, 0) is 36.6 Å². The Morgan fingerprint density at radius 1 is 1.43 bits per heavy atom. The fourth-order valence-corrected chi connectivity index (χ4v) is 2.56. The Kier molecular flexibility index (Phi) is 6.42. The second-order valence-corrected chi connectivity index (χ2v) is 4.64. The number of aliphatic carboxylic acids is 1. The van der Waals surface area contributed by atoms with Crippen molar-refractivity contribution in [3.05, 3.63) is 0 Å². The zero-order valence-corrected chi connectivity index (χ0v) is 8.42. The molecule has 4 heteroatoms. The maximum atomic E-state index is 10.7. The molecular formula is C10H20KNO2. The number of rotatable bonds is 3. The van der Waals surface area contributed by atoms with Gasteiger partial charge in [0, 0.05) is 0 Å². The van der Waals surface area contributed by atoms with Crippen molar-refractivity contribution in [3.8, 4) is 0 Å². The Morgan fingerprint density at radius 3 is 2.14 bits per heavy atom. The van der Waals surface area contributed by atoms with Crippen LogP contribution in [0.25, 0.3) is 0 Å². The van der Waals surface area contributed by atoms with Crippen LogP contribution in [0, 0.1) is 17.3 Å². The van der Waals surface area contributed by atoms with Crippen LogP contribution < -0.4 is 5.73 Å². The number of carboxylic acids is 1. The van der Waals surface area contributed by atoms with Crippen molar-refractivity contribution in [1.82, 2.24) is 0 Å². The van der Waals surface area contributed by atoms with Crippen molar-refractivity contribution in [3.63, 3.8) is 0 Å². The summed E-state index contributed by atoms with van der Waals surface area (Å²) in [4.78, 5) is 10.7. The molecular weight excluding hydrogens is 205 g/mol. The van der Waals surface area contributed by atoms with E-state index in [1.165, 1.54) is 0 Å². The summed E-state index contributed by atoms with van der Waals surface area (Å²) < 4.78 is 0. The first kappa shape index (κ1) is 15.1. The van der Waals surface area contributed by atoms with Crippen LogP contribution in [0.2, 0.25) is 0 Å². The van der Waals surface area contributed by atoms with Gasteiger partial charge >= 0.3 is 57.4 Å². The summed E-state index contributed by atoms with van der Waals surface area (Å²) >= 11 is 0. The van der Waals surface area contributed by atoms with E-state index in [-0.39, 0.29) is 63.2 Å². The van der Waals surface area contributed by atoms with E-state index in [2.05, 4.69) is 13.8 Å². The molecule has 0 amide bonds. The molecule has 1 saturated carbocycles. The molecule has 0 saturated heterocycles. The summed E-state index contributed by atoms with van der Waals surface area (Å²) in [5, 5.41) is 8.79. The first-order valence-corrected chi connectivity index (χ1v) is 4.91. The van der Waals surface area contributed by atoms with E-state index in [9.17, 15) is 4.79 Å². The Hall–Kier alpha value is 1.07. The van der Waals surface area contributed by atoms with E-state index in [4.69, 9.17) is 10.8 Å². The van der Waals surface area contributed by atoms with Crippen molar-refractivity contribution in [2.45, 2.75) is 33.1 Å². The van der Waals surface area contributed by atoms with Gasteiger partial charge in [0.05, 0.1) is 6.42 Å². The first-order valence-electron chi connectivity index (χ1n) is 4.91. The second-order valence-electron chi connectivity index (χ2n) is 4.64. The zero-order chi connectivity index (χ0) is 10.1. The van der Waals surface area contributed by atoms with Gasteiger partial charge in [0.25, 0.3) is 0 Å². The summed E-state index contributed by atoms with van der Waals surface area (Å²) in [5.74, 6) is 0.512. The topological polar surface area (TPSA) is 63.3 Å². The van der Waals surface area contributed by atoms with Gasteiger partial charge in [-0.2, -0.15) is 0 Å². The Labute approximate surface area is 128 Å². The predicted molar refractivity (Wildman–Crippen MR) is 58.5 cm³/mol. The van der Waals surface area contributed by atoms with Crippen molar-refractivity contribution in [1.29, 1.82) is 0 Å². The molecule has 3 N–H and O–H groups in total. The molecule has 0 bridgehead atoms. The Morgan fingerprint density at radius 2 is 1.86 bits per heavy atom. The SMILES string of the molecule is C[C@H]1CC(CN)(CC(=O)O)C[C@@H]1C.[KH]. The molecule has 2 atom stereocenters. The molecule has 14 heavy (non-hydrogen) atoms. The maximum absolute atomic E-state index is 10.7. The quantitative estimate of drug-likeness (QED) is 0.699. The van der Waals surface area contributed by atoms with Crippen LogP contribution in [0.1, 0.15) is 33.1 Å². The van der Waals surface area contributed by atoms with E-state index < -0.39 is 5.97 Å². The van der Waals surface area contributed by atoms with Gasteiger partial charge in [-0.15, -0.1) is 0 Å². The molecule has 0 aromatic rings. The van der Waals surface area contributed by atoms with Gasteiger partial charge in [0.15, 0.2) is 0 Å². The standard InChI is InChI=1S/C10H19NO2.K.H/c1-7-3-10(6-11,4-8(7)2)5-9(12)13;;/h7-8H,3-6,11H2,1-2H3,(H,12,13);;/t7-,8-;;/m0../s1. The number of hydrogen-bond donors (Lipinski definition) is 2. The molecule has 0 aromatic heterocycles. The Balaban J connectivity index is 0.00000169. The average molecular weight is 225 g/mol. The molecule has 0 spiro atoms. The Bertz CT molecular complexity index is 198. The average Bonchev–Trinajstić information content (AvgIpc) is 2.27. The summed E-state index contributed by atoms with van der Waals surface area (Å²) in [6.45, 7) is 4.88. The van der Waals surface area contributed by atoms with Gasteiger partial charge in [0.1, 0.15) is 0 Å². The van der Waals surface area contributed by atoms with Crippen LogP contribution in [0.5, 0.6) is 0 Å². The van der Waals surface area contributed by atoms with Crippen molar-refractivity contribution in [2.24, 2.45) is 23.0 Å². The third-order valence-electron chi connectivity index (χ3n) is 3.44. The minimum absolute atomic E-state index is 0. The number of carbonyl (C=O) groups is 1. The number of hydrogen-bond acceptors (Lipinski definition) is 2. The van der Waals surface area contributed by atoms with Crippen LogP contribution in [-0.2, 0) is 4.79 Å². The molecule has 0 radical (unpaired) electrons. The van der Waals surface area contributed by atoms with Crippen LogP contribution in [0.4, 0.5) is 0 Å². The summed E-state index contributed by atoms with van der Waals surface area (Å²) in [7, 11) is 0. The molecule has 0 unspecified atom stereocenters. The van der Waals surface area contributed by atoms with Gasteiger partial charge in [0.2, 0.25) is 0 Å². The zero-order valence-electron chi connectivity index (χ0n) is 8.42. The first-order chi connectivity index (χ1) is 5.99. The van der Waals surface area contributed by atoms with E-state index >= 15 is 0 Å². The van der Waals surface area contributed by atoms with E-state index in [0.29, 0.717) is 18.4 Å². The third-order valence-corrected chi connectivity index (χ3v) is 3.44. The van der Waals surface area contributed by atoms with Crippen LogP contribution in [-0.4, -0.2) is 69.0 Å². The molecule has 0 aliphatic heterocycles. The van der Waals surface area contributed by atoms with E-state index in [0.717, 1.165) is 12.8 Å². The molecule has 0 heterocycles. The van der Waals surface area contributed by atoms with Crippen LogP contribution in [0.3, 0.4) is 0 Å². The van der Waals surface area contributed by atoms with E-state index in [1.807, 2.05) is 0 Å². The van der Waals surface area contributed by atoms with Gasteiger partial charge in [-0.25, -0.2) is 0 Å². The normalized spacial score (nSPS) is 29.6. The minimum atomic E-state index is -0.716. The summed E-state index contributed by atoms with van der Waals surface area (Å²) in [5.41, 5.74) is 5.56. The predicted octanol–water partition coefficient (Wildman–Crippen LogP) is 0.824. The third kappa shape index (κ3) is 3.58. The molecule has 78 valence electrons. The van der Waals surface area contributed by atoms with Crippen LogP contribution in [0.15, 0.2) is 0 Å². The van der Waals surface area contributed by atoms with Gasteiger partial charge in [-0.1, -0.05) is 13.8 Å². The van der Waals surface area contributed by atoms with Gasteiger partial charge in [-0.3, -0.25) is 4.79 Å². The van der Waals surface area contributed by atoms with Crippen molar-refractivity contribution < 1.29 is 9.90 Å². The molecule has 0 aromatic carbocycles. The van der Waals surface area contributed by atoms with Crippen molar-refractivity contribution in [2.75, 3.05) is 6.54 Å². The van der Waals surface area contributed by atoms with Crippen LogP contribution >= 0.6 is 0 Å². The van der Waals surface area contributed by atoms with E-state index in [1.54, 1.807) is 0 Å². The fraction of sp³-hybridized carbons (Fsp3) is 0.900. The molecule has 1 rings (SSSR count). The molecule has 1 aliphatic carbocycles. The summed E-state index contributed by atoms with van der Waals surface area (Å²) in [6.07, 6.45) is 2.17.